The SMILES string of the molecule is CC(C)(C)c1ccc2c(c1)B1c3ccc(C(C)(C)C)cc3N(c3ccc(Cl)cc3)c3cc(C(C)(C)C)cc(c31)N2c1ccc(Cl)cc1. The molecule has 47 heavy (non-hydrogen) atoms. The van der Waals surface area contributed by atoms with Crippen molar-refractivity contribution in [1.29, 1.82) is 0 Å². The van der Waals surface area contributed by atoms with E-state index in [0.29, 0.717) is 0 Å². The Kier molecular flexibility index (Phi) is 7.43. The fourth-order valence-corrected chi connectivity index (χ4v) is 7.35. The Hall–Kier alpha value is -3.66. The van der Waals surface area contributed by atoms with Crippen molar-refractivity contribution in [2.75, 3.05) is 9.80 Å². The second-order valence-corrected chi connectivity index (χ2v) is 17.2. The first-order valence-corrected chi connectivity index (χ1v) is 17.4. The summed E-state index contributed by atoms with van der Waals surface area (Å²) >= 11 is 12.9. The van der Waals surface area contributed by atoms with Gasteiger partial charge in [0.05, 0.1) is 0 Å². The van der Waals surface area contributed by atoms with E-state index in [-0.39, 0.29) is 23.0 Å². The molecule has 2 heterocycles. The molecule has 2 nitrogen and oxygen atoms in total. The minimum atomic E-state index is -0.0811. The van der Waals surface area contributed by atoms with Gasteiger partial charge in [-0.05, 0) is 122 Å². The van der Waals surface area contributed by atoms with E-state index >= 15 is 0 Å². The molecule has 5 aromatic rings. The molecule has 0 radical (unpaired) electrons. The van der Waals surface area contributed by atoms with Gasteiger partial charge in [-0.25, -0.2) is 0 Å². The highest BCUT2D eigenvalue weighted by molar-refractivity contribution is 7.00. The van der Waals surface area contributed by atoms with Gasteiger partial charge in [0.15, 0.2) is 0 Å². The first-order valence-electron chi connectivity index (χ1n) is 16.6. The van der Waals surface area contributed by atoms with Crippen molar-refractivity contribution in [3.8, 4) is 0 Å². The van der Waals surface area contributed by atoms with E-state index in [2.05, 4.69) is 145 Å². The van der Waals surface area contributed by atoms with Crippen LogP contribution in [-0.2, 0) is 16.2 Å². The predicted octanol–water partition coefficient (Wildman–Crippen LogP) is 11.0. The van der Waals surface area contributed by atoms with Gasteiger partial charge in [-0.3, -0.25) is 0 Å². The maximum absolute atomic E-state index is 6.47. The largest absolute Gasteiger partial charge is 0.311 e. The quantitative estimate of drug-likeness (QED) is 0.171. The summed E-state index contributed by atoms with van der Waals surface area (Å²) < 4.78 is 0. The van der Waals surface area contributed by atoms with Crippen LogP contribution in [0.3, 0.4) is 0 Å². The average molecular weight is 658 g/mol. The number of halogens is 2. The molecule has 0 fully saturated rings. The fourth-order valence-electron chi connectivity index (χ4n) is 7.10. The van der Waals surface area contributed by atoms with Crippen molar-refractivity contribution in [3.63, 3.8) is 0 Å². The van der Waals surface area contributed by atoms with Gasteiger partial charge in [0.1, 0.15) is 0 Å². The van der Waals surface area contributed by atoms with E-state index in [0.717, 1.165) is 21.4 Å². The van der Waals surface area contributed by atoms with Crippen LogP contribution in [0.2, 0.25) is 10.0 Å². The summed E-state index contributed by atoms with van der Waals surface area (Å²) in [5, 5.41) is 1.46. The molecular formula is C42H43BCl2N2. The molecule has 0 unspecified atom stereocenters. The highest BCUT2D eigenvalue weighted by Gasteiger charge is 2.44. The molecule has 0 atom stereocenters. The number of rotatable bonds is 2. The Morgan fingerprint density at radius 1 is 0.426 bits per heavy atom. The van der Waals surface area contributed by atoms with Crippen LogP contribution in [0.25, 0.3) is 0 Å². The zero-order valence-electron chi connectivity index (χ0n) is 29.0. The average Bonchev–Trinajstić information content (AvgIpc) is 3.00. The second-order valence-electron chi connectivity index (χ2n) is 16.3. The summed E-state index contributed by atoms with van der Waals surface area (Å²) in [5.41, 5.74) is 14.8. The van der Waals surface area contributed by atoms with Crippen molar-refractivity contribution in [2.24, 2.45) is 0 Å². The van der Waals surface area contributed by atoms with Crippen molar-refractivity contribution in [2.45, 2.75) is 78.6 Å². The molecule has 5 heteroatoms. The van der Waals surface area contributed by atoms with Crippen molar-refractivity contribution < 1.29 is 0 Å². The smallest absolute Gasteiger partial charge is 0.252 e. The van der Waals surface area contributed by atoms with E-state index in [1.807, 2.05) is 24.3 Å². The first-order chi connectivity index (χ1) is 22.0. The standard InChI is InChI=1S/C42H43BCl2N2/c1-40(2,3)26-11-21-35-34(22-26)43-33-20-10-27(41(4,5)6)23-36(33)47(32-18-14-30(45)15-19-32)38-25-28(42(7,8)9)24-37(39(38)43)46(35)31-16-12-29(44)13-17-31/h10-25H,1-9H3. The van der Waals surface area contributed by atoms with Crippen LogP contribution in [-0.4, -0.2) is 6.71 Å². The van der Waals surface area contributed by atoms with Crippen LogP contribution in [0.4, 0.5) is 34.1 Å². The molecule has 7 rings (SSSR count). The zero-order chi connectivity index (χ0) is 33.6. The monoisotopic (exact) mass is 656 g/mol. The lowest BCUT2D eigenvalue weighted by Gasteiger charge is -2.45. The van der Waals surface area contributed by atoms with Crippen molar-refractivity contribution >= 4 is 80.4 Å². The maximum atomic E-state index is 6.47. The summed E-state index contributed by atoms with van der Waals surface area (Å²) in [4.78, 5) is 4.93. The van der Waals surface area contributed by atoms with Crippen LogP contribution >= 0.6 is 23.2 Å². The van der Waals surface area contributed by atoms with Gasteiger partial charge in [-0.15, -0.1) is 0 Å². The summed E-state index contributed by atoms with van der Waals surface area (Å²) in [7, 11) is 0. The predicted molar refractivity (Wildman–Crippen MR) is 207 cm³/mol. The molecule has 0 bridgehead atoms. The third-order valence-electron chi connectivity index (χ3n) is 9.84. The Balaban J connectivity index is 1.64. The van der Waals surface area contributed by atoms with Gasteiger partial charge in [0, 0.05) is 44.2 Å². The molecule has 2 aliphatic heterocycles. The third kappa shape index (κ3) is 5.46. The highest BCUT2D eigenvalue weighted by atomic mass is 35.5. The lowest BCUT2D eigenvalue weighted by molar-refractivity contribution is 0.589. The summed E-state index contributed by atoms with van der Waals surface area (Å²) in [6.07, 6.45) is 0. The van der Waals surface area contributed by atoms with E-state index in [9.17, 15) is 0 Å². The zero-order valence-corrected chi connectivity index (χ0v) is 30.5. The molecular weight excluding hydrogens is 614 g/mol. The van der Waals surface area contributed by atoms with E-state index in [1.54, 1.807) is 0 Å². The van der Waals surface area contributed by atoms with Gasteiger partial charge in [0.25, 0.3) is 6.71 Å². The number of hydrogen-bond acceptors (Lipinski definition) is 2. The van der Waals surface area contributed by atoms with E-state index in [1.165, 1.54) is 55.8 Å². The lowest BCUT2D eigenvalue weighted by atomic mass is 9.33. The lowest BCUT2D eigenvalue weighted by Crippen LogP contribution is -2.61. The minimum absolute atomic E-state index is 0.00224. The Morgan fingerprint density at radius 3 is 1.34 bits per heavy atom. The number of benzene rings is 5. The van der Waals surface area contributed by atoms with Crippen LogP contribution in [0, 0.1) is 0 Å². The number of anilines is 6. The Bertz CT molecular complexity index is 2010. The summed E-state index contributed by atoms with van der Waals surface area (Å²) in [5.74, 6) is 0. The van der Waals surface area contributed by atoms with Gasteiger partial charge >= 0.3 is 0 Å². The van der Waals surface area contributed by atoms with Gasteiger partial charge in [-0.1, -0.05) is 110 Å². The van der Waals surface area contributed by atoms with Crippen LogP contribution in [0.5, 0.6) is 0 Å². The number of nitrogens with zero attached hydrogens (tertiary/aromatic N) is 2. The summed E-state index contributed by atoms with van der Waals surface area (Å²) in [6, 6.07) is 35.7. The molecule has 0 saturated carbocycles. The van der Waals surface area contributed by atoms with Crippen molar-refractivity contribution in [1.82, 2.24) is 0 Å². The fraction of sp³-hybridized carbons (Fsp3) is 0.286. The van der Waals surface area contributed by atoms with E-state index < -0.39 is 0 Å². The molecule has 0 N–H and O–H groups in total. The molecule has 0 aliphatic carbocycles. The normalized spacial score (nSPS) is 14.1. The van der Waals surface area contributed by atoms with Crippen molar-refractivity contribution in [3.05, 3.63) is 124 Å². The van der Waals surface area contributed by atoms with Crippen LogP contribution in [0.1, 0.15) is 79.0 Å². The highest BCUT2D eigenvalue weighted by Crippen LogP contribution is 2.47. The molecule has 0 spiro atoms. The van der Waals surface area contributed by atoms with Gasteiger partial charge in [-0.2, -0.15) is 0 Å². The minimum Gasteiger partial charge on any atom is -0.311 e. The molecule has 2 aliphatic rings. The van der Waals surface area contributed by atoms with E-state index in [4.69, 9.17) is 23.2 Å². The maximum Gasteiger partial charge on any atom is 0.252 e. The molecule has 0 aromatic heterocycles. The van der Waals surface area contributed by atoms with Gasteiger partial charge < -0.3 is 9.80 Å². The first kappa shape index (κ1) is 31.9. The molecule has 5 aromatic carbocycles. The third-order valence-corrected chi connectivity index (χ3v) is 10.3. The topological polar surface area (TPSA) is 6.48 Å². The molecule has 0 amide bonds. The van der Waals surface area contributed by atoms with Crippen LogP contribution < -0.4 is 26.2 Å². The van der Waals surface area contributed by atoms with Gasteiger partial charge in [0.2, 0.25) is 0 Å². The second kappa shape index (κ2) is 10.9. The number of fused-ring (bicyclic) bond motifs is 4. The summed E-state index contributed by atoms with van der Waals surface area (Å²) in [6.45, 7) is 20.8. The Labute approximate surface area is 291 Å². The molecule has 238 valence electrons. The van der Waals surface area contributed by atoms with Crippen LogP contribution in [0.15, 0.2) is 97.1 Å². The molecule has 0 saturated heterocycles. The number of hydrogen-bond donors (Lipinski definition) is 0. The Morgan fingerprint density at radius 2 is 0.851 bits per heavy atom.